The standard InChI is InChI=1S/C12H12/c1-8-5-4-6-11-7-9(2)10(3)12(8)11/h4-6H,2-3,7H2,1H3. The van der Waals surface area contributed by atoms with Crippen LogP contribution in [-0.4, -0.2) is 0 Å². The fourth-order valence-corrected chi connectivity index (χ4v) is 1.82. The molecule has 0 fully saturated rings. The average molecular weight is 156 g/mol. The highest BCUT2D eigenvalue weighted by Gasteiger charge is 2.18. The second kappa shape index (κ2) is 2.34. The number of hydrogen-bond acceptors (Lipinski definition) is 0. The Kier molecular flexibility index (Phi) is 1.44. The van der Waals surface area contributed by atoms with Gasteiger partial charge in [-0.3, -0.25) is 0 Å². The Hall–Kier alpha value is -1.30. The van der Waals surface area contributed by atoms with Gasteiger partial charge >= 0.3 is 0 Å². The van der Waals surface area contributed by atoms with Gasteiger partial charge in [-0.1, -0.05) is 31.4 Å². The minimum Gasteiger partial charge on any atom is -0.0949 e. The monoisotopic (exact) mass is 156 g/mol. The second-order valence-corrected chi connectivity index (χ2v) is 3.37. The maximum Gasteiger partial charge on any atom is -0.00194 e. The molecule has 0 aromatic heterocycles. The van der Waals surface area contributed by atoms with Crippen LogP contribution in [0.3, 0.4) is 0 Å². The van der Waals surface area contributed by atoms with E-state index >= 15 is 0 Å². The van der Waals surface area contributed by atoms with E-state index in [1.807, 2.05) is 0 Å². The Morgan fingerprint density at radius 3 is 2.67 bits per heavy atom. The molecule has 0 spiro atoms. The van der Waals surface area contributed by atoms with E-state index in [0.29, 0.717) is 0 Å². The number of allylic oxidation sites excluding steroid dienone is 2. The van der Waals surface area contributed by atoms with Gasteiger partial charge in [0.15, 0.2) is 0 Å². The number of benzene rings is 1. The van der Waals surface area contributed by atoms with Gasteiger partial charge in [0.1, 0.15) is 0 Å². The number of rotatable bonds is 0. The Bertz CT molecular complexity index is 370. The largest absolute Gasteiger partial charge is 0.0949 e. The van der Waals surface area contributed by atoms with Crippen molar-refractivity contribution in [2.75, 3.05) is 0 Å². The van der Waals surface area contributed by atoms with E-state index in [1.165, 1.54) is 22.3 Å². The number of hydrogen-bond donors (Lipinski definition) is 0. The van der Waals surface area contributed by atoms with Crippen molar-refractivity contribution >= 4 is 5.57 Å². The average Bonchev–Trinajstić information content (AvgIpc) is 2.29. The molecule has 0 amide bonds. The predicted molar refractivity (Wildman–Crippen MR) is 53.1 cm³/mol. The third-order valence-electron chi connectivity index (χ3n) is 2.49. The molecule has 12 heavy (non-hydrogen) atoms. The van der Waals surface area contributed by atoms with Crippen molar-refractivity contribution in [2.45, 2.75) is 13.3 Å². The Morgan fingerprint density at radius 1 is 1.25 bits per heavy atom. The van der Waals surface area contributed by atoms with E-state index in [-0.39, 0.29) is 0 Å². The first-order valence-corrected chi connectivity index (χ1v) is 4.16. The van der Waals surface area contributed by atoms with Crippen LogP contribution in [0.25, 0.3) is 5.57 Å². The normalized spacial score (nSPS) is 15.1. The van der Waals surface area contributed by atoms with Gasteiger partial charge in [0, 0.05) is 0 Å². The number of aryl methyl sites for hydroxylation is 1. The van der Waals surface area contributed by atoms with E-state index in [4.69, 9.17) is 0 Å². The van der Waals surface area contributed by atoms with Crippen molar-refractivity contribution < 1.29 is 0 Å². The van der Waals surface area contributed by atoms with Gasteiger partial charge in [-0.25, -0.2) is 0 Å². The van der Waals surface area contributed by atoms with Crippen molar-refractivity contribution in [1.82, 2.24) is 0 Å². The van der Waals surface area contributed by atoms with Crippen LogP contribution in [0.2, 0.25) is 0 Å². The minimum atomic E-state index is 0.982. The summed E-state index contributed by atoms with van der Waals surface area (Å²) in [5.41, 5.74) is 6.31. The van der Waals surface area contributed by atoms with Crippen LogP contribution in [0.15, 0.2) is 36.9 Å². The molecule has 0 atom stereocenters. The molecule has 1 aliphatic rings. The quantitative estimate of drug-likeness (QED) is 0.541. The summed E-state index contributed by atoms with van der Waals surface area (Å²) in [4.78, 5) is 0. The van der Waals surface area contributed by atoms with Crippen LogP contribution >= 0.6 is 0 Å². The first-order valence-electron chi connectivity index (χ1n) is 4.16. The molecule has 60 valence electrons. The van der Waals surface area contributed by atoms with Crippen LogP contribution in [0.1, 0.15) is 16.7 Å². The maximum atomic E-state index is 4.04. The topological polar surface area (TPSA) is 0 Å². The summed E-state index contributed by atoms with van der Waals surface area (Å²) in [5.74, 6) is 0. The third kappa shape index (κ3) is 0.845. The Balaban J connectivity index is 2.70. The summed E-state index contributed by atoms with van der Waals surface area (Å²) in [6.45, 7) is 10.2. The lowest BCUT2D eigenvalue weighted by Crippen LogP contribution is -1.84. The van der Waals surface area contributed by atoms with Crippen LogP contribution in [0, 0.1) is 6.92 Å². The van der Waals surface area contributed by atoms with Crippen molar-refractivity contribution in [3.8, 4) is 0 Å². The van der Waals surface area contributed by atoms with Crippen molar-refractivity contribution in [2.24, 2.45) is 0 Å². The molecule has 0 heterocycles. The van der Waals surface area contributed by atoms with Crippen LogP contribution in [-0.2, 0) is 6.42 Å². The summed E-state index contributed by atoms with van der Waals surface area (Å²) in [7, 11) is 0. The van der Waals surface area contributed by atoms with E-state index in [0.717, 1.165) is 12.0 Å². The summed E-state index contributed by atoms with van der Waals surface area (Å²) in [6.07, 6.45) is 0.982. The van der Waals surface area contributed by atoms with E-state index in [2.05, 4.69) is 38.3 Å². The molecule has 0 unspecified atom stereocenters. The highest BCUT2D eigenvalue weighted by molar-refractivity contribution is 5.85. The summed E-state index contributed by atoms with van der Waals surface area (Å²) < 4.78 is 0. The first kappa shape index (κ1) is 7.35. The molecule has 0 radical (unpaired) electrons. The highest BCUT2D eigenvalue weighted by atomic mass is 14.2. The number of fused-ring (bicyclic) bond motifs is 1. The maximum absolute atomic E-state index is 4.04. The van der Waals surface area contributed by atoms with Gasteiger partial charge < -0.3 is 0 Å². The van der Waals surface area contributed by atoms with Gasteiger partial charge in [-0.05, 0) is 41.2 Å². The van der Waals surface area contributed by atoms with Crippen LogP contribution < -0.4 is 0 Å². The van der Waals surface area contributed by atoms with Gasteiger partial charge in [0.2, 0.25) is 0 Å². The minimum absolute atomic E-state index is 0.982. The molecule has 0 N–H and O–H groups in total. The van der Waals surface area contributed by atoms with Crippen molar-refractivity contribution in [3.63, 3.8) is 0 Å². The smallest absolute Gasteiger partial charge is 0.00194 e. The van der Waals surface area contributed by atoms with Crippen LogP contribution in [0.5, 0.6) is 0 Å². The fourth-order valence-electron chi connectivity index (χ4n) is 1.82. The predicted octanol–water partition coefficient (Wildman–Crippen LogP) is 3.12. The zero-order valence-corrected chi connectivity index (χ0v) is 7.35. The molecule has 0 bridgehead atoms. The molecular formula is C12H12. The molecule has 0 saturated carbocycles. The van der Waals surface area contributed by atoms with E-state index in [9.17, 15) is 0 Å². The molecule has 1 aromatic carbocycles. The fraction of sp³-hybridized carbons (Fsp3) is 0.167. The van der Waals surface area contributed by atoms with Gasteiger partial charge in [0.25, 0.3) is 0 Å². The molecular weight excluding hydrogens is 144 g/mol. The Morgan fingerprint density at radius 2 is 2.00 bits per heavy atom. The lowest BCUT2D eigenvalue weighted by molar-refractivity contribution is 1.26. The van der Waals surface area contributed by atoms with Gasteiger partial charge in [0.05, 0.1) is 0 Å². The summed E-state index contributed by atoms with van der Waals surface area (Å²) in [5, 5.41) is 0. The second-order valence-electron chi connectivity index (χ2n) is 3.37. The molecule has 2 rings (SSSR count). The lowest BCUT2D eigenvalue weighted by atomic mass is 10.0. The van der Waals surface area contributed by atoms with Crippen molar-refractivity contribution in [3.05, 3.63) is 53.6 Å². The molecule has 0 heteroatoms. The molecule has 0 saturated heterocycles. The Labute approximate surface area is 73.2 Å². The lowest BCUT2D eigenvalue weighted by Gasteiger charge is -2.02. The zero-order valence-electron chi connectivity index (χ0n) is 7.35. The van der Waals surface area contributed by atoms with Crippen molar-refractivity contribution in [1.29, 1.82) is 0 Å². The first-order chi connectivity index (χ1) is 5.70. The molecule has 1 aromatic rings. The highest BCUT2D eigenvalue weighted by Crippen LogP contribution is 2.35. The zero-order chi connectivity index (χ0) is 8.72. The van der Waals surface area contributed by atoms with Gasteiger partial charge in [-0.15, -0.1) is 0 Å². The molecule has 0 nitrogen and oxygen atoms in total. The molecule has 1 aliphatic carbocycles. The van der Waals surface area contributed by atoms with Crippen LogP contribution in [0.4, 0.5) is 0 Å². The summed E-state index contributed by atoms with van der Waals surface area (Å²) in [6, 6.07) is 6.38. The van der Waals surface area contributed by atoms with E-state index in [1.54, 1.807) is 0 Å². The molecule has 0 aliphatic heterocycles. The van der Waals surface area contributed by atoms with Gasteiger partial charge in [-0.2, -0.15) is 0 Å². The SMILES string of the molecule is C=C1Cc2cccc(C)c2C1=C. The third-order valence-corrected chi connectivity index (χ3v) is 2.49. The van der Waals surface area contributed by atoms with E-state index < -0.39 is 0 Å². The summed E-state index contributed by atoms with van der Waals surface area (Å²) >= 11 is 0.